The Bertz CT molecular complexity index is 323. The van der Waals surface area contributed by atoms with Crippen molar-refractivity contribution in [1.29, 1.82) is 0 Å². The minimum atomic E-state index is 0.429. The molecule has 0 aliphatic carbocycles. The monoisotopic (exact) mass is 209 g/mol. The molecule has 0 aromatic heterocycles. The average Bonchev–Trinajstić information content (AvgIpc) is 2.18. The van der Waals surface area contributed by atoms with Crippen LogP contribution >= 0.6 is 12.2 Å². The number of anilines is 1. The first-order valence-electron chi connectivity index (χ1n) is 4.51. The van der Waals surface area contributed by atoms with E-state index in [1.807, 2.05) is 18.2 Å². The molecule has 4 N–H and O–H groups in total. The fraction of sp³-hybridized carbons (Fsp3) is 0.300. The number of para-hydroxylation sites is 1. The normalized spacial score (nSPS) is 10.0. The number of hydrogen-bond donors (Lipinski definition) is 3. The molecular formula is C10H15N3S. The third kappa shape index (κ3) is 2.68. The first-order valence-corrected chi connectivity index (χ1v) is 4.92. The lowest BCUT2D eigenvalue weighted by molar-refractivity contribution is 0.869. The van der Waals surface area contributed by atoms with Gasteiger partial charge in [-0.25, -0.2) is 5.84 Å². The quantitative estimate of drug-likeness (QED) is 0.396. The number of hydrazine groups is 1. The van der Waals surface area contributed by atoms with Crippen LogP contribution in [0.5, 0.6) is 0 Å². The molecule has 4 heteroatoms. The first kappa shape index (κ1) is 10.9. The number of thiocarbonyl (C=S) groups is 1. The van der Waals surface area contributed by atoms with Crippen molar-refractivity contribution in [3.8, 4) is 0 Å². The highest BCUT2D eigenvalue weighted by Crippen LogP contribution is 2.23. The van der Waals surface area contributed by atoms with Gasteiger partial charge in [0.2, 0.25) is 0 Å². The zero-order chi connectivity index (χ0) is 10.6. The number of hydrogen-bond acceptors (Lipinski definition) is 2. The lowest BCUT2D eigenvalue weighted by Crippen LogP contribution is -2.34. The van der Waals surface area contributed by atoms with Crippen LogP contribution in [-0.2, 0) is 0 Å². The Morgan fingerprint density at radius 3 is 2.57 bits per heavy atom. The van der Waals surface area contributed by atoms with Crippen LogP contribution in [0.1, 0.15) is 25.3 Å². The molecule has 0 atom stereocenters. The molecule has 0 aliphatic heterocycles. The number of nitrogens with one attached hydrogen (secondary N) is 2. The average molecular weight is 209 g/mol. The van der Waals surface area contributed by atoms with Crippen molar-refractivity contribution < 1.29 is 0 Å². The maximum atomic E-state index is 5.19. The molecule has 3 nitrogen and oxygen atoms in total. The standard InChI is InChI=1S/C10H15N3S/c1-7(2)8-5-3-4-6-9(8)12-10(14)13-11/h3-7H,11H2,1-2H3,(H2,12,13,14). The van der Waals surface area contributed by atoms with Crippen LogP contribution in [0.2, 0.25) is 0 Å². The van der Waals surface area contributed by atoms with Crippen molar-refractivity contribution in [1.82, 2.24) is 5.43 Å². The summed E-state index contributed by atoms with van der Waals surface area (Å²) in [5.74, 6) is 5.65. The molecule has 1 aromatic carbocycles. The molecule has 0 aliphatic rings. The number of nitrogens with two attached hydrogens (primary N) is 1. The molecule has 0 bridgehead atoms. The fourth-order valence-electron chi connectivity index (χ4n) is 1.27. The van der Waals surface area contributed by atoms with E-state index in [9.17, 15) is 0 Å². The summed E-state index contributed by atoms with van der Waals surface area (Å²) >= 11 is 4.94. The van der Waals surface area contributed by atoms with Crippen LogP contribution < -0.4 is 16.6 Å². The fourth-order valence-corrected chi connectivity index (χ4v) is 1.38. The molecule has 0 spiro atoms. The van der Waals surface area contributed by atoms with Crippen molar-refractivity contribution in [2.45, 2.75) is 19.8 Å². The molecule has 0 fully saturated rings. The molecule has 0 amide bonds. The van der Waals surface area contributed by atoms with Gasteiger partial charge in [-0.2, -0.15) is 0 Å². The van der Waals surface area contributed by atoms with E-state index in [1.165, 1.54) is 5.56 Å². The van der Waals surface area contributed by atoms with Gasteiger partial charge in [0.25, 0.3) is 0 Å². The van der Waals surface area contributed by atoms with Gasteiger partial charge in [-0.1, -0.05) is 32.0 Å². The Balaban J connectivity index is 2.90. The van der Waals surface area contributed by atoms with Gasteiger partial charge in [0.15, 0.2) is 5.11 Å². The second-order valence-corrected chi connectivity index (χ2v) is 3.75. The molecule has 0 unspecified atom stereocenters. The summed E-state index contributed by atoms with van der Waals surface area (Å²) in [7, 11) is 0. The SMILES string of the molecule is CC(C)c1ccccc1NC(=S)NN. The van der Waals surface area contributed by atoms with E-state index >= 15 is 0 Å². The predicted molar refractivity (Wildman–Crippen MR) is 64.1 cm³/mol. The highest BCUT2D eigenvalue weighted by molar-refractivity contribution is 7.80. The maximum Gasteiger partial charge on any atom is 0.185 e. The van der Waals surface area contributed by atoms with Gasteiger partial charge in [0.1, 0.15) is 0 Å². The highest BCUT2D eigenvalue weighted by atomic mass is 32.1. The first-order chi connectivity index (χ1) is 6.65. The second-order valence-electron chi connectivity index (χ2n) is 3.34. The summed E-state index contributed by atoms with van der Waals surface area (Å²) in [6.45, 7) is 4.28. The van der Waals surface area contributed by atoms with Crippen molar-refractivity contribution >= 4 is 23.0 Å². The van der Waals surface area contributed by atoms with Crippen LogP contribution in [0.4, 0.5) is 5.69 Å². The minimum Gasteiger partial charge on any atom is -0.331 e. The number of benzene rings is 1. The molecular weight excluding hydrogens is 194 g/mol. The summed E-state index contributed by atoms with van der Waals surface area (Å²) in [6, 6.07) is 8.04. The molecule has 0 saturated heterocycles. The van der Waals surface area contributed by atoms with Crippen LogP contribution in [0.3, 0.4) is 0 Å². The van der Waals surface area contributed by atoms with Crippen LogP contribution in [0, 0.1) is 0 Å². The Morgan fingerprint density at radius 1 is 1.36 bits per heavy atom. The lowest BCUT2D eigenvalue weighted by Gasteiger charge is -2.14. The highest BCUT2D eigenvalue weighted by Gasteiger charge is 2.05. The van der Waals surface area contributed by atoms with Gasteiger partial charge in [-0.3, -0.25) is 0 Å². The molecule has 1 rings (SSSR count). The summed E-state index contributed by atoms with van der Waals surface area (Å²) in [6.07, 6.45) is 0. The van der Waals surface area contributed by atoms with E-state index in [1.54, 1.807) is 0 Å². The van der Waals surface area contributed by atoms with Gasteiger partial charge >= 0.3 is 0 Å². The van der Waals surface area contributed by atoms with Crippen molar-refractivity contribution in [3.63, 3.8) is 0 Å². The van der Waals surface area contributed by atoms with Crippen molar-refractivity contribution in [2.75, 3.05) is 5.32 Å². The van der Waals surface area contributed by atoms with Crippen LogP contribution in [0.15, 0.2) is 24.3 Å². The zero-order valence-electron chi connectivity index (χ0n) is 8.37. The third-order valence-corrected chi connectivity index (χ3v) is 2.18. The molecule has 14 heavy (non-hydrogen) atoms. The molecule has 76 valence electrons. The predicted octanol–water partition coefficient (Wildman–Crippen LogP) is 1.97. The third-order valence-electron chi connectivity index (χ3n) is 1.96. The summed E-state index contributed by atoms with van der Waals surface area (Å²) < 4.78 is 0. The van der Waals surface area contributed by atoms with E-state index < -0.39 is 0 Å². The largest absolute Gasteiger partial charge is 0.331 e. The van der Waals surface area contributed by atoms with Gasteiger partial charge in [-0.05, 0) is 29.8 Å². The summed E-state index contributed by atoms with van der Waals surface area (Å²) in [5, 5.41) is 3.47. The molecule has 0 radical (unpaired) electrons. The second kappa shape index (κ2) is 4.93. The number of rotatable bonds is 2. The van der Waals surface area contributed by atoms with E-state index in [2.05, 4.69) is 30.7 Å². The van der Waals surface area contributed by atoms with Gasteiger partial charge in [-0.15, -0.1) is 0 Å². The topological polar surface area (TPSA) is 50.1 Å². The Labute approximate surface area is 89.7 Å². The van der Waals surface area contributed by atoms with E-state index in [-0.39, 0.29) is 0 Å². The minimum absolute atomic E-state index is 0.429. The lowest BCUT2D eigenvalue weighted by atomic mass is 10.0. The summed E-state index contributed by atoms with van der Waals surface area (Å²) in [5.41, 5.74) is 4.63. The van der Waals surface area contributed by atoms with Crippen LogP contribution in [0.25, 0.3) is 0 Å². The van der Waals surface area contributed by atoms with E-state index in [0.29, 0.717) is 11.0 Å². The van der Waals surface area contributed by atoms with Gasteiger partial charge in [0, 0.05) is 5.69 Å². The Hall–Kier alpha value is -1.13. The Kier molecular flexibility index (Phi) is 3.85. The van der Waals surface area contributed by atoms with Crippen LogP contribution in [-0.4, -0.2) is 5.11 Å². The van der Waals surface area contributed by atoms with Gasteiger partial charge < -0.3 is 10.7 Å². The summed E-state index contributed by atoms with van der Waals surface area (Å²) in [4.78, 5) is 0. The molecule has 1 aromatic rings. The van der Waals surface area contributed by atoms with E-state index in [4.69, 9.17) is 18.1 Å². The Morgan fingerprint density at radius 2 is 2.00 bits per heavy atom. The smallest absolute Gasteiger partial charge is 0.185 e. The molecule has 0 saturated carbocycles. The van der Waals surface area contributed by atoms with E-state index in [0.717, 1.165) is 5.69 Å². The maximum absolute atomic E-state index is 5.19. The molecule has 0 heterocycles. The zero-order valence-corrected chi connectivity index (χ0v) is 9.19. The van der Waals surface area contributed by atoms with Crippen molar-refractivity contribution in [3.05, 3.63) is 29.8 Å². The van der Waals surface area contributed by atoms with Gasteiger partial charge in [0.05, 0.1) is 0 Å². The van der Waals surface area contributed by atoms with Crippen molar-refractivity contribution in [2.24, 2.45) is 5.84 Å².